The largest absolute Gasteiger partial charge is 0.482 e. The van der Waals surface area contributed by atoms with E-state index in [-0.39, 0.29) is 12.5 Å². The summed E-state index contributed by atoms with van der Waals surface area (Å²) in [6.07, 6.45) is 2.59. The third-order valence-corrected chi connectivity index (χ3v) is 4.62. The molecule has 5 heteroatoms. The van der Waals surface area contributed by atoms with Crippen LogP contribution in [0.2, 0.25) is 0 Å². The molecular weight excluding hydrogens is 254 g/mol. The lowest BCUT2D eigenvalue weighted by Crippen LogP contribution is -2.53. The number of hydrogen-bond donors (Lipinski definition) is 2. The Kier molecular flexibility index (Phi) is 2.80. The smallest absolute Gasteiger partial charge is 0.262 e. The normalized spacial score (nSPS) is 31.2. The molecule has 5 nitrogen and oxygen atoms in total. The van der Waals surface area contributed by atoms with Crippen LogP contribution in [0.5, 0.6) is 5.75 Å². The maximum Gasteiger partial charge on any atom is 0.262 e. The zero-order valence-electron chi connectivity index (χ0n) is 11.4. The van der Waals surface area contributed by atoms with Gasteiger partial charge in [-0.25, -0.2) is 0 Å². The van der Waals surface area contributed by atoms with Gasteiger partial charge in [0.1, 0.15) is 5.75 Å². The molecule has 20 heavy (non-hydrogen) atoms. The number of carbonyl (C=O) groups is 1. The van der Waals surface area contributed by atoms with Gasteiger partial charge < -0.3 is 20.3 Å². The first-order chi connectivity index (χ1) is 9.78. The molecule has 1 unspecified atom stereocenters. The van der Waals surface area contributed by atoms with Crippen molar-refractivity contribution < 1.29 is 9.53 Å². The minimum atomic E-state index is -0.0857. The van der Waals surface area contributed by atoms with Crippen LogP contribution in [0.15, 0.2) is 18.2 Å². The van der Waals surface area contributed by atoms with E-state index in [0.717, 1.165) is 29.6 Å². The van der Waals surface area contributed by atoms with Crippen LogP contribution in [0.25, 0.3) is 0 Å². The first-order valence-electron chi connectivity index (χ1n) is 7.33. The molecule has 2 bridgehead atoms. The number of piperidine rings is 3. The van der Waals surface area contributed by atoms with E-state index in [0.29, 0.717) is 6.04 Å². The number of benzene rings is 1. The third-order valence-electron chi connectivity index (χ3n) is 4.62. The second-order valence-electron chi connectivity index (χ2n) is 5.94. The molecule has 0 aliphatic carbocycles. The molecule has 0 spiro atoms. The van der Waals surface area contributed by atoms with E-state index in [4.69, 9.17) is 4.74 Å². The van der Waals surface area contributed by atoms with Gasteiger partial charge in [0.2, 0.25) is 0 Å². The molecule has 3 fully saturated rings. The maximum atomic E-state index is 11.4. The summed E-state index contributed by atoms with van der Waals surface area (Å²) in [5.41, 5.74) is 1.83. The standard InChI is InChI=1S/C15H19N3O2/c19-15-9-20-14-2-1-11(7-12(14)17-15)16-13-8-18-5-3-10(13)4-6-18/h1-2,7,10,13,16H,3-6,8-9H2,(H,17,19). The molecule has 4 heterocycles. The van der Waals surface area contributed by atoms with Crippen molar-refractivity contribution in [1.82, 2.24) is 4.90 Å². The highest BCUT2D eigenvalue weighted by molar-refractivity contribution is 5.96. The van der Waals surface area contributed by atoms with Gasteiger partial charge >= 0.3 is 0 Å². The summed E-state index contributed by atoms with van der Waals surface area (Å²) in [5.74, 6) is 1.45. The second-order valence-corrected chi connectivity index (χ2v) is 5.94. The van der Waals surface area contributed by atoms with Crippen molar-refractivity contribution in [3.63, 3.8) is 0 Å². The van der Waals surface area contributed by atoms with Crippen LogP contribution in [-0.2, 0) is 4.79 Å². The van der Waals surface area contributed by atoms with Crippen LogP contribution in [0.4, 0.5) is 11.4 Å². The fourth-order valence-electron chi connectivity index (χ4n) is 3.52. The minimum Gasteiger partial charge on any atom is -0.482 e. The van der Waals surface area contributed by atoms with Crippen molar-refractivity contribution in [2.24, 2.45) is 5.92 Å². The van der Waals surface area contributed by atoms with Crippen molar-refractivity contribution in [3.8, 4) is 5.75 Å². The summed E-state index contributed by atoms with van der Waals surface area (Å²) < 4.78 is 5.38. The van der Waals surface area contributed by atoms with Gasteiger partial charge in [-0.2, -0.15) is 0 Å². The van der Waals surface area contributed by atoms with E-state index < -0.39 is 0 Å². The summed E-state index contributed by atoms with van der Waals surface area (Å²) >= 11 is 0. The highest BCUT2D eigenvalue weighted by atomic mass is 16.5. The van der Waals surface area contributed by atoms with Gasteiger partial charge in [0.05, 0.1) is 5.69 Å². The Morgan fingerprint density at radius 3 is 2.90 bits per heavy atom. The summed E-state index contributed by atoms with van der Waals surface area (Å²) in [7, 11) is 0. The molecule has 2 N–H and O–H groups in total. The summed E-state index contributed by atoms with van der Waals surface area (Å²) in [6.45, 7) is 3.73. The Morgan fingerprint density at radius 2 is 2.15 bits per heavy atom. The highest BCUT2D eigenvalue weighted by Gasteiger charge is 2.34. The summed E-state index contributed by atoms with van der Waals surface area (Å²) in [6, 6.07) is 6.46. The van der Waals surface area contributed by atoms with Crippen LogP contribution in [0.1, 0.15) is 12.8 Å². The molecule has 106 valence electrons. The molecule has 0 radical (unpaired) electrons. The summed E-state index contributed by atoms with van der Waals surface area (Å²) in [5, 5.41) is 6.49. The van der Waals surface area contributed by atoms with Crippen molar-refractivity contribution in [3.05, 3.63) is 18.2 Å². The molecule has 1 aromatic carbocycles. The summed E-state index contributed by atoms with van der Waals surface area (Å²) in [4.78, 5) is 13.9. The third kappa shape index (κ3) is 2.12. The minimum absolute atomic E-state index is 0.0857. The van der Waals surface area contributed by atoms with E-state index in [2.05, 4.69) is 15.5 Å². The first-order valence-corrected chi connectivity index (χ1v) is 7.33. The molecule has 4 aliphatic rings. The molecular formula is C15H19N3O2. The molecule has 0 aromatic heterocycles. The number of hydrogen-bond acceptors (Lipinski definition) is 4. The zero-order chi connectivity index (χ0) is 13.5. The Hall–Kier alpha value is -1.75. The van der Waals surface area contributed by atoms with Gasteiger partial charge in [-0.1, -0.05) is 0 Å². The first kappa shape index (κ1) is 12.0. The van der Waals surface area contributed by atoms with Gasteiger partial charge in [-0.05, 0) is 50.0 Å². The fourth-order valence-corrected chi connectivity index (χ4v) is 3.52. The van der Waals surface area contributed by atoms with E-state index in [1.807, 2.05) is 18.2 Å². The van der Waals surface area contributed by atoms with Gasteiger partial charge in [0.25, 0.3) is 5.91 Å². The molecule has 1 amide bonds. The number of amides is 1. The average Bonchev–Trinajstić information content (AvgIpc) is 2.48. The predicted octanol–water partition coefficient (Wildman–Crippen LogP) is 1.52. The number of rotatable bonds is 2. The van der Waals surface area contributed by atoms with Gasteiger partial charge in [0.15, 0.2) is 6.61 Å². The number of nitrogens with one attached hydrogen (secondary N) is 2. The average molecular weight is 273 g/mol. The lowest BCUT2D eigenvalue weighted by Gasteiger charge is -2.45. The number of fused-ring (bicyclic) bond motifs is 4. The number of anilines is 2. The molecule has 1 atom stereocenters. The Bertz CT molecular complexity index is 538. The molecule has 4 aliphatic heterocycles. The highest BCUT2D eigenvalue weighted by Crippen LogP contribution is 2.33. The molecule has 5 rings (SSSR count). The molecule has 3 saturated heterocycles. The van der Waals surface area contributed by atoms with E-state index in [9.17, 15) is 4.79 Å². The number of ether oxygens (including phenoxy) is 1. The van der Waals surface area contributed by atoms with Crippen molar-refractivity contribution >= 4 is 17.3 Å². The van der Waals surface area contributed by atoms with E-state index >= 15 is 0 Å². The topological polar surface area (TPSA) is 53.6 Å². The SMILES string of the molecule is O=C1COc2ccc(NC3CN4CCC3CC4)cc2N1. The lowest BCUT2D eigenvalue weighted by molar-refractivity contribution is -0.118. The van der Waals surface area contributed by atoms with Crippen LogP contribution in [0.3, 0.4) is 0 Å². The number of nitrogens with zero attached hydrogens (tertiary/aromatic N) is 1. The predicted molar refractivity (Wildman–Crippen MR) is 77.1 cm³/mol. The van der Waals surface area contributed by atoms with E-state index in [1.165, 1.54) is 25.9 Å². The van der Waals surface area contributed by atoms with Gasteiger partial charge in [-0.15, -0.1) is 0 Å². The monoisotopic (exact) mass is 273 g/mol. The lowest BCUT2D eigenvalue weighted by atomic mass is 9.84. The van der Waals surface area contributed by atoms with Crippen LogP contribution in [0, 0.1) is 5.92 Å². The fraction of sp³-hybridized carbons (Fsp3) is 0.533. The van der Waals surface area contributed by atoms with E-state index in [1.54, 1.807) is 0 Å². The quantitative estimate of drug-likeness (QED) is 0.858. The molecule has 0 saturated carbocycles. The van der Waals surface area contributed by atoms with Crippen LogP contribution < -0.4 is 15.4 Å². The van der Waals surface area contributed by atoms with Crippen molar-refractivity contribution in [1.29, 1.82) is 0 Å². The van der Waals surface area contributed by atoms with Crippen molar-refractivity contribution in [2.75, 3.05) is 36.9 Å². The maximum absolute atomic E-state index is 11.4. The van der Waals surface area contributed by atoms with Crippen molar-refractivity contribution in [2.45, 2.75) is 18.9 Å². The van der Waals surface area contributed by atoms with Gasteiger partial charge in [0, 0.05) is 18.3 Å². The number of carbonyl (C=O) groups excluding carboxylic acids is 1. The molecule has 1 aromatic rings. The second kappa shape index (κ2) is 4.66. The zero-order valence-corrected chi connectivity index (χ0v) is 11.4. The Morgan fingerprint density at radius 1 is 1.30 bits per heavy atom. The Labute approximate surface area is 118 Å². The van der Waals surface area contributed by atoms with Crippen LogP contribution >= 0.6 is 0 Å². The Balaban J connectivity index is 1.52. The van der Waals surface area contributed by atoms with Gasteiger partial charge in [-0.3, -0.25) is 4.79 Å². The van der Waals surface area contributed by atoms with Crippen LogP contribution in [-0.4, -0.2) is 43.1 Å².